The molecule has 0 N–H and O–H groups in total. The minimum absolute atomic E-state index is 0.0976. The van der Waals surface area contributed by atoms with Gasteiger partial charge >= 0.3 is 0 Å². The first-order valence-electron chi connectivity index (χ1n) is 9.66. The van der Waals surface area contributed by atoms with Crippen LogP contribution in [-0.2, 0) is 21.6 Å². The van der Waals surface area contributed by atoms with Crippen molar-refractivity contribution in [3.63, 3.8) is 0 Å². The average Bonchev–Trinajstić information content (AvgIpc) is 2.96. The standard InChI is InChI=1S/C18H25ClN4O4S2/c1-13-10-22(11-14(2)26-13)29(24,25)21-7-5-20(6-8-21)12-23-16-4-3-15(19)9-17(16)27-18(23)28/h3-4,9,13-14H,5-8,10-12H2,1-2H3. The number of benzene rings is 1. The Kier molecular flexibility index (Phi) is 6.04. The number of oxazole rings is 1. The lowest BCUT2D eigenvalue weighted by Gasteiger charge is -2.40. The summed E-state index contributed by atoms with van der Waals surface area (Å²) in [6.07, 6.45) is -0.195. The first-order chi connectivity index (χ1) is 13.7. The van der Waals surface area contributed by atoms with E-state index < -0.39 is 10.2 Å². The molecule has 160 valence electrons. The van der Waals surface area contributed by atoms with Crippen LogP contribution in [0.25, 0.3) is 11.1 Å². The third kappa shape index (κ3) is 4.39. The van der Waals surface area contributed by atoms with Gasteiger partial charge in [0.1, 0.15) is 0 Å². The fourth-order valence-corrected chi connectivity index (χ4v) is 6.11. The molecule has 2 aliphatic heterocycles. The zero-order valence-electron chi connectivity index (χ0n) is 16.5. The third-order valence-electron chi connectivity index (χ3n) is 5.34. The molecule has 2 aromatic rings. The lowest BCUT2D eigenvalue weighted by atomic mass is 10.3. The van der Waals surface area contributed by atoms with Gasteiger partial charge in [-0.05, 0) is 38.2 Å². The van der Waals surface area contributed by atoms with Gasteiger partial charge in [0.25, 0.3) is 15.0 Å². The number of hydrogen-bond acceptors (Lipinski definition) is 6. The van der Waals surface area contributed by atoms with E-state index in [9.17, 15) is 8.42 Å². The van der Waals surface area contributed by atoms with Crippen molar-refractivity contribution in [2.45, 2.75) is 32.7 Å². The summed E-state index contributed by atoms with van der Waals surface area (Å²) in [5.74, 6) is 0. The highest BCUT2D eigenvalue weighted by Gasteiger charge is 2.36. The highest BCUT2D eigenvalue weighted by atomic mass is 35.5. The molecule has 2 atom stereocenters. The van der Waals surface area contributed by atoms with Crippen LogP contribution in [0, 0.1) is 4.84 Å². The molecule has 0 spiro atoms. The minimum atomic E-state index is -3.48. The molecule has 2 unspecified atom stereocenters. The number of piperazine rings is 1. The molecule has 4 rings (SSSR count). The monoisotopic (exact) mass is 460 g/mol. The van der Waals surface area contributed by atoms with E-state index in [2.05, 4.69) is 4.90 Å². The van der Waals surface area contributed by atoms with Gasteiger partial charge in [-0.1, -0.05) is 11.6 Å². The van der Waals surface area contributed by atoms with Gasteiger partial charge in [0.05, 0.1) is 24.4 Å². The lowest BCUT2D eigenvalue weighted by molar-refractivity contribution is -0.0458. The highest BCUT2D eigenvalue weighted by molar-refractivity contribution is 7.86. The van der Waals surface area contributed by atoms with E-state index in [0.717, 1.165) is 5.52 Å². The van der Waals surface area contributed by atoms with Crippen LogP contribution in [0.2, 0.25) is 5.02 Å². The summed E-state index contributed by atoms with van der Waals surface area (Å²) in [7, 11) is -3.48. The van der Waals surface area contributed by atoms with E-state index >= 15 is 0 Å². The molecule has 1 aromatic heterocycles. The number of fused-ring (bicyclic) bond motifs is 1. The predicted molar refractivity (Wildman–Crippen MR) is 114 cm³/mol. The molecule has 0 saturated carbocycles. The van der Waals surface area contributed by atoms with Crippen LogP contribution >= 0.6 is 23.8 Å². The molecule has 2 saturated heterocycles. The predicted octanol–water partition coefficient (Wildman–Crippen LogP) is 2.55. The van der Waals surface area contributed by atoms with Gasteiger partial charge in [0, 0.05) is 50.4 Å². The molecule has 2 aliphatic rings. The fraction of sp³-hybridized carbons (Fsp3) is 0.611. The molecule has 0 bridgehead atoms. The number of morpholine rings is 1. The van der Waals surface area contributed by atoms with E-state index in [4.69, 9.17) is 33.0 Å². The molecule has 0 radical (unpaired) electrons. The van der Waals surface area contributed by atoms with Crippen molar-refractivity contribution in [2.24, 2.45) is 0 Å². The lowest BCUT2D eigenvalue weighted by Crippen LogP contribution is -2.57. The third-order valence-corrected chi connectivity index (χ3v) is 7.85. The first-order valence-corrected chi connectivity index (χ1v) is 11.8. The smallest absolute Gasteiger partial charge is 0.282 e. The maximum absolute atomic E-state index is 13.0. The number of hydrogen-bond donors (Lipinski definition) is 0. The molecule has 11 heteroatoms. The molecule has 0 amide bonds. The van der Waals surface area contributed by atoms with E-state index in [1.165, 1.54) is 0 Å². The summed E-state index contributed by atoms with van der Waals surface area (Å²) >= 11 is 11.4. The number of nitrogens with zero attached hydrogens (tertiary/aromatic N) is 4. The van der Waals surface area contributed by atoms with Gasteiger partial charge in [0.15, 0.2) is 5.58 Å². The zero-order valence-corrected chi connectivity index (χ0v) is 18.8. The number of rotatable bonds is 4. The maximum Gasteiger partial charge on any atom is 0.282 e. The molecule has 1 aromatic carbocycles. The second-order valence-corrected chi connectivity index (χ2v) is 10.4. The van der Waals surface area contributed by atoms with Crippen LogP contribution in [0.5, 0.6) is 0 Å². The highest BCUT2D eigenvalue weighted by Crippen LogP contribution is 2.23. The van der Waals surface area contributed by atoms with E-state index in [1.807, 2.05) is 24.5 Å². The molecule has 0 aliphatic carbocycles. The molecular formula is C18H25ClN4O4S2. The van der Waals surface area contributed by atoms with Crippen LogP contribution in [0.1, 0.15) is 13.8 Å². The minimum Gasteiger partial charge on any atom is -0.429 e. The topological polar surface area (TPSA) is 71.2 Å². The number of ether oxygens (including phenoxy) is 1. The van der Waals surface area contributed by atoms with Crippen molar-refractivity contribution in [3.8, 4) is 0 Å². The fourth-order valence-electron chi connectivity index (χ4n) is 3.96. The van der Waals surface area contributed by atoms with Crippen LogP contribution < -0.4 is 0 Å². The van der Waals surface area contributed by atoms with Gasteiger partial charge in [-0.3, -0.25) is 9.47 Å². The molecule has 3 heterocycles. The van der Waals surface area contributed by atoms with Gasteiger partial charge < -0.3 is 9.15 Å². The zero-order chi connectivity index (χ0) is 20.8. The summed E-state index contributed by atoms with van der Waals surface area (Å²) in [4.78, 5) is 2.56. The summed E-state index contributed by atoms with van der Waals surface area (Å²) in [5.41, 5.74) is 1.53. The van der Waals surface area contributed by atoms with Crippen molar-refractivity contribution in [2.75, 3.05) is 39.3 Å². The second kappa shape index (κ2) is 8.26. The molecular weight excluding hydrogens is 436 g/mol. The van der Waals surface area contributed by atoms with E-state index in [1.54, 1.807) is 20.7 Å². The summed E-state index contributed by atoms with van der Waals surface area (Å²) in [6.45, 7) is 7.27. The van der Waals surface area contributed by atoms with Gasteiger partial charge in [-0.2, -0.15) is 17.0 Å². The van der Waals surface area contributed by atoms with Crippen LogP contribution in [0.3, 0.4) is 0 Å². The second-order valence-electron chi connectivity index (χ2n) is 7.65. The Morgan fingerprint density at radius 2 is 1.76 bits per heavy atom. The van der Waals surface area contributed by atoms with E-state index in [-0.39, 0.29) is 12.2 Å². The quantitative estimate of drug-likeness (QED) is 0.653. The SMILES string of the molecule is CC1CN(S(=O)(=O)N2CCN(Cn3c(=S)oc4cc(Cl)ccc43)CC2)CC(C)O1. The van der Waals surface area contributed by atoms with Crippen LogP contribution in [0.15, 0.2) is 22.6 Å². The Balaban J connectivity index is 1.42. The van der Waals surface area contributed by atoms with Crippen molar-refractivity contribution >= 4 is 45.1 Å². The Morgan fingerprint density at radius 1 is 1.10 bits per heavy atom. The van der Waals surface area contributed by atoms with Crippen molar-refractivity contribution < 1.29 is 17.6 Å². The Hall–Kier alpha value is -1.01. The van der Waals surface area contributed by atoms with E-state index in [0.29, 0.717) is 61.4 Å². The molecule has 29 heavy (non-hydrogen) atoms. The van der Waals surface area contributed by atoms with Crippen LogP contribution in [-0.4, -0.2) is 78.0 Å². The maximum atomic E-state index is 13.0. The molecule has 2 fully saturated rings. The average molecular weight is 461 g/mol. The van der Waals surface area contributed by atoms with Crippen LogP contribution in [0.4, 0.5) is 0 Å². The largest absolute Gasteiger partial charge is 0.429 e. The Morgan fingerprint density at radius 3 is 2.41 bits per heavy atom. The van der Waals surface area contributed by atoms with Crippen molar-refractivity contribution in [3.05, 3.63) is 28.1 Å². The Bertz CT molecular complexity index is 1040. The number of aromatic nitrogens is 1. The normalized spacial score (nSPS) is 25.6. The van der Waals surface area contributed by atoms with Crippen molar-refractivity contribution in [1.82, 2.24) is 18.1 Å². The van der Waals surface area contributed by atoms with Gasteiger partial charge in [-0.15, -0.1) is 0 Å². The number of halogens is 1. The summed E-state index contributed by atoms with van der Waals surface area (Å²) in [5, 5.41) is 0.596. The molecule has 8 nitrogen and oxygen atoms in total. The summed E-state index contributed by atoms with van der Waals surface area (Å²) in [6, 6.07) is 5.44. The van der Waals surface area contributed by atoms with Crippen molar-refractivity contribution in [1.29, 1.82) is 0 Å². The van der Waals surface area contributed by atoms with Gasteiger partial charge in [0.2, 0.25) is 0 Å². The Labute approximate surface area is 180 Å². The van der Waals surface area contributed by atoms with Gasteiger partial charge in [-0.25, -0.2) is 0 Å². The summed E-state index contributed by atoms with van der Waals surface area (Å²) < 4.78 is 42.4. The first kappa shape index (κ1) is 21.2.